The molecule has 22 heavy (non-hydrogen) atoms. The van der Waals surface area contributed by atoms with Crippen LogP contribution in [0.25, 0.3) is 0 Å². The number of carbonyl (C=O) groups is 1. The molecule has 1 aromatic rings. The Morgan fingerprint density at radius 3 is 2.18 bits per heavy atom. The van der Waals surface area contributed by atoms with Crippen LogP contribution < -0.4 is 5.32 Å². The second kappa shape index (κ2) is 5.64. The van der Waals surface area contributed by atoms with Gasteiger partial charge < -0.3 is 10.2 Å². The minimum Gasteiger partial charge on any atom is -0.345 e. The molecule has 6 nitrogen and oxygen atoms in total. The third kappa shape index (κ3) is 2.64. The van der Waals surface area contributed by atoms with Crippen LogP contribution in [0.3, 0.4) is 0 Å². The maximum absolute atomic E-state index is 12.7. The predicted molar refractivity (Wildman–Crippen MR) is 83.1 cm³/mol. The summed E-state index contributed by atoms with van der Waals surface area (Å²) in [4.78, 5) is 13.6. The van der Waals surface area contributed by atoms with E-state index in [1.807, 2.05) is 0 Å². The van der Waals surface area contributed by atoms with Crippen LogP contribution in [0, 0.1) is 11.8 Å². The van der Waals surface area contributed by atoms with Gasteiger partial charge in [0.25, 0.3) is 5.91 Å². The molecular weight excluding hydrogens is 302 g/mol. The van der Waals surface area contributed by atoms with Crippen molar-refractivity contribution in [2.75, 3.05) is 40.3 Å². The van der Waals surface area contributed by atoms with Gasteiger partial charge in [0.15, 0.2) is 0 Å². The van der Waals surface area contributed by atoms with Gasteiger partial charge in [0, 0.05) is 32.7 Å². The average Bonchev–Trinajstić information content (AvgIpc) is 3.08. The Balaban J connectivity index is 1.79. The molecule has 2 heterocycles. The molecule has 1 N–H and O–H groups in total. The van der Waals surface area contributed by atoms with Crippen molar-refractivity contribution < 1.29 is 13.2 Å². The lowest BCUT2D eigenvalue weighted by molar-refractivity contribution is 0.0827. The zero-order valence-electron chi connectivity index (χ0n) is 12.8. The second-order valence-corrected chi connectivity index (χ2v) is 8.16. The van der Waals surface area contributed by atoms with Crippen molar-refractivity contribution in [2.45, 2.75) is 4.90 Å². The van der Waals surface area contributed by atoms with Crippen LogP contribution in [0.2, 0.25) is 0 Å². The lowest BCUT2D eigenvalue weighted by atomic mass is 10.0. The van der Waals surface area contributed by atoms with Gasteiger partial charge in [-0.3, -0.25) is 4.79 Å². The Hall–Kier alpha value is -1.44. The molecule has 1 amide bonds. The topological polar surface area (TPSA) is 69.7 Å². The van der Waals surface area contributed by atoms with Gasteiger partial charge in [-0.1, -0.05) is 0 Å². The van der Waals surface area contributed by atoms with Gasteiger partial charge in [-0.15, -0.1) is 0 Å². The highest BCUT2D eigenvalue weighted by Crippen LogP contribution is 2.30. The van der Waals surface area contributed by atoms with Crippen LogP contribution in [-0.4, -0.2) is 63.8 Å². The minimum atomic E-state index is -3.46. The first-order valence-electron chi connectivity index (χ1n) is 7.42. The van der Waals surface area contributed by atoms with Crippen molar-refractivity contribution >= 4 is 15.9 Å². The summed E-state index contributed by atoms with van der Waals surface area (Å²) in [6, 6.07) is 6.21. The molecule has 0 aromatic heterocycles. The molecule has 0 unspecified atom stereocenters. The molecular formula is C15H21N3O3S. The summed E-state index contributed by atoms with van der Waals surface area (Å²) in [7, 11) is -0.122. The summed E-state index contributed by atoms with van der Waals surface area (Å²) >= 11 is 0. The molecule has 0 spiro atoms. The van der Waals surface area contributed by atoms with Crippen molar-refractivity contribution in [1.29, 1.82) is 0 Å². The van der Waals surface area contributed by atoms with Gasteiger partial charge in [0.2, 0.25) is 10.0 Å². The molecule has 0 bridgehead atoms. The van der Waals surface area contributed by atoms with Crippen molar-refractivity contribution in [2.24, 2.45) is 11.8 Å². The Labute approximate surface area is 131 Å². The normalized spacial score (nSPS) is 25.2. The molecule has 2 aliphatic heterocycles. The fourth-order valence-electron chi connectivity index (χ4n) is 3.19. The number of nitrogens with one attached hydrogen (secondary N) is 1. The average molecular weight is 323 g/mol. The van der Waals surface area contributed by atoms with Crippen LogP contribution in [0.1, 0.15) is 10.4 Å². The maximum Gasteiger partial charge on any atom is 0.253 e. The van der Waals surface area contributed by atoms with E-state index in [0.717, 1.165) is 13.1 Å². The van der Waals surface area contributed by atoms with Gasteiger partial charge in [-0.05, 0) is 49.2 Å². The molecule has 0 saturated carbocycles. The number of benzene rings is 1. The van der Waals surface area contributed by atoms with Crippen molar-refractivity contribution in [3.05, 3.63) is 29.8 Å². The van der Waals surface area contributed by atoms with E-state index < -0.39 is 10.0 Å². The van der Waals surface area contributed by atoms with Crippen molar-refractivity contribution in [3.63, 3.8) is 0 Å². The highest BCUT2D eigenvalue weighted by atomic mass is 32.2. The molecule has 2 aliphatic rings. The number of fused-ring (bicyclic) bond motifs is 1. The first kappa shape index (κ1) is 15.5. The first-order chi connectivity index (χ1) is 10.4. The predicted octanol–water partition coefficient (Wildman–Crippen LogP) is 0.228. The van der Waals surface area contributed by atoms with Gasteiger partial charge in [-0.2, -0.15) is 4.31 Å². The van der Waals surface area contributed by atoms with Gasteiger partial charge in [0.1, 0.15) is 0 Å². The number of nitrogens with zero attached hydrogens (tertiary/aromatic N) is 2. The van der Waals surface area contributed by atoms with Crippen molar-refractivity contribution in [1.82, 2.24) is 14.5 Å². The standard InChI is InChI=1S/C15H21N3O3S/c1-17(2)15(19)11-3-5-14(6-4-11)22(20,21)18-9-12-7-16-8-13(12)10-18/h3-6,12-13,16H,7-10H2,1-2H3/t12-,13+. The number of sulfonamides is 1. The monoisotopic (exact) mass is 323 g/mol. The highest BCUT2D eigenvalue weighted by Gasteiger charge is 2.41. The number of hydrogen-bond donors (Lipinski definition) is 1. The molecule has 120 valence electrons. The summed E-state index contributed by atoms with van der Waals surface area (Å²) in [5.41, 5.74) is 0.492. The van der Waals surface area contributed by atoms with E-state index in [0.29, 0.717) is 30.5 Å². The molecule has 2 saturated heterocycles. The van der Waals surface area contributed by atoms with E-state index >= 15 is 0 Å². The van der Waals surface area contributed by atoms with E-state index in [1.165, 1.54) is 17.0 Å². The Bertz CT molecular complexity index is 658. The van der Waals surface area contributed by atoms with E-state index in [2.05, 4.69) is 5.32 Å². The highest BCUT2D eigenvalue weighted by molar-refractivity contribution is 7.89. The maximum atomic E-state index is 12.7. The van der Waals surface area contributed by atoms with Gasteiger partial charge in [0.05, 0.1) is 4.90 Å². The van der Waals surface area contributed by atoms with Crippen molar-refractivity contribution in [3.8, 4) is 0 Å². The number of rotatable bonds is 3. The van der Waals surface area contributed by atoms with Gasteiger partial charge in [-0.25, -0.2) is 8.42 Å². The molecule has 2 atom stereocenters. The van der Waals surface area contributed by atoms with Gasteiger partial charge >= 0.3 is 0 Å². The summed E-state index contributed by atoms with van der Waals surface area (Å²) in [5.74, 6) is 0.708. The quantitative estimate of drug-likeness (QED) is 0.864. The van der Waals surface area contributed by atoms with E-state index in [1.54, 1.807) is 30.5 Å². The molecule has 1 aromatic carbocycles. The van der Waals surface area contributed by atoms with Crippen LogP contribution in [0.4, 0.5) is 0 Å². The van der Waals surface area contributed by atoms with Crippen LogP contribution >= 0.6 is 0 Å². The number of amides is 1. The molecule has 7 heteroatoms. The number of carbonyl (C=O) groups excluding carboxylic acids is 1. The lowest BCUT2D eigenvalue weighted by Crippen LogP contribution is -2.32. The molecule has 0 aliphatic carbocycles. The van der Waals surface area contributed by atoms with E-state index in [9.17, 15) is 13.2 Å². The molecule has 2 fully saturated rings. The minimum absolute atomic E-state index is 0.134. The SMILES string of the molecule is CN(C)C(=O)c1ccc(S(=O)(=O)N2C[C@H]3CNC[C@H]3C2)cc1. The third-order valence-corrected chi connectivity index (χ3v) is 6.35. The van der Waals surface area contributed by atoms with E-state index in [-0.39, 0.29) is 10.8 Å². The van der Waals surface area contributed by atoms with Crippen LogP contribution in [0.15, 0.2) is 29.2 Å². The zero-order valence-corrected chi connectivity index (χ0v) is 13.6. The van der Waals surface area contributed by atoms with E-state index in [4.69, 9.17) is 0 Å². The largest absolute Gasteiger partial charge is 0.345 e. The lowest BCUT2D eigenvalue weighted by Gasteiger charge is -2.18. The Morgan fingerprint density at radius 1 is 1.14 bits per heavy atom. The zero-order chi connectivity index (χ0) is 15.9. The summed E-state index contributed by atoms with van der Waals surface area (Å²) < 4.78 is 27.0. The first-order valence-corrected chi connectivity index (χ1v) is 8.86. The summed E-state index contributed by atoms with van der Waals surface area (Å²) in [5, 5.41) is 3.30. The summed E-state index contributed by atoms with van der Waals surface area (Å²) in [6.45, 7) is 2.96. The fraction of sp³-hybridized carbons (Fsp3) is 0.533. The van der Waals surface area contributed by atoms with Crippen LogP contribution in [-0.2, 0) is 10.0 Å². The Kier molecular flexibility index (Phi) is 3.96. The summed E-state index contributed by atoms with van der Waals surface area (Å²) in [6.07, 6.45) is 0. The second-order valence-electron chi connectivity index (χ2n) is 6.22. The molecule has 0 radical (unpaired) electrons. The fourth-order valence-corrected chi connectivity index (χ4v) is 4.74. The third-order valence-electron chi connectivity index (χ3n) is 4.50. The Morgan fingerprint density at radius 2 is 1.68 bits per heavy atom. The molecule has 3 rings (SSSR count). The number of hydrogen-bond acceptors (Lipinski definition) is 4. The van der Waals surface area contributed by atoms with Crippen LogP contribution in [0.5, 0.6) is 0 Å². The smallest absolute Gasteiger partial charge is 0.253 e.